The number of phenols is 2. The summed E-state index contributed by atoms with van der Waals surface area (Å²) in [6.07, 6.45) is 0.639. The molecule has 0 aromatic heterocycles. The van der Waals surface area contributed by atoms with E-state index in [4.69, 9.17) is 66.5 Å². The van der Waals surface area contributed by atoms with Crippen LogP contribution in [0.5, 0.6) is 17.2 Å². The molecule has 468 valence electrons. The van der Waals surface area contributed by atoms with E-state index in [2.05, 4.69) is 0 Å². The zero-order chi connectivity index (χ0) is 63.4. The standard InChI is InChI=1S/C66H66O16SSi9/c1-84(53-51-55-43-47-57(67)48-44-55)72-86(69,60-29-13-4-14-30-60)76-91(65-39-23-9-24-40-65)79-88(71-83,62-33-17-6-18-34-62)73-85(2,54-52-56-45-49-58(68)50-46-56)75-90(64-37-21-8-22-38-64)78-87(61-31-15-5-16-32-61,70-59-27-11-3-12-28-59)77-89(74-84,63-35-19-7-20-36-63)80-92(81-90,82-91)66-41-25-10-26-42-66/h3-50,67-69,83H,51-54H2,1-2H3. The molecule has 9 atom stereocenters. The van der Waals surface area contributed by atoms with Crippen LogP contribution in [0.1, 0.15) is 11.1 Å². The molecule has 13 rings (SSSR count). The summed E-state index contributed by atoms with van der Waals surface area (Å²) in [5.41, 5.74) is 1.68. The van der Waals surface area contributed by atoms with Crippen LogP contribution in [0, 0.1) is 0 Å². The van der Waals surface area contributed by atoms with Gasteiger partial charge in [-0.05, 0) is 98.5 Å². The highest BCUT2D eigenvalue weighted by atomic mass is 32.1. The van der Waals surface area contributed by atoms with Crippen molar-refractivity contribution in [3.63, 3.8) is 0 Å². The summed E-state index contributed by atoms with van der Waals surface area (Å²) in [5, 5.41) is 24.0. The molecule has 3 aliphatic heterocycles. The number of phenolic OH excluding ortho intramolecular Hbond substituents is 2. The summed E-state index contributed by atoms with van der Waals surface area (Å²) < 4.78 is 105. The normalized spacial score (nSPS) is 29.1. The van der Waals surface area contributed by atoms with Gasteiger partial charge in [-0.15, -0.1) is 0 Å². The lowest BCUT2D eigenvalue weighted by molar-refractivity contribution is 0.0634. The summed E-state index contributed by atoms with van der Waals surface area (Å²) in [6.45, 7) is 3.79. The highest BCUT2D eigenvalue weighted by molar-refractivity contribution is 7.76. The molecule has 3 fully saturated rings. The minimum absolute atomic E-state index is 0.0938. The molecule has 3 saturated heterocycles. The van der Waals surface area contributed by atoms with Crippen molar-refractivity contribution in [2.75, 3.05) is 0 Å². The molecule has 3 heterocycles. The van der Waals surface area contributed by atoms with Crippen LogP contribution in [0.3, 0.4) is 0 Å². The average molecular weight is 1400 g/mol. The van der Waals surface area contributed by atoms with Crippen molar-refractivity contribution in [2.45, 2.75) is 38.0 Å². The van der Waals surface area contributed by atoms with Crippen molar-refractivity contribution in [2.24, 2.45) is 0 Å². The molecule has 0 amide bonds. The lowest BCUT2D eigenvalue weighted by Crippen LogP contribution is -2.88. The summed E-state index contributed by atoms with van der Waals surface area (Å²) in [6, 6.07) is 88.5. The molecule has 92 heavy (non-hydrogen) atoms. The Kier molecular flexibility index (Phi) is 18.6. The van der Waals surface area contributed by atoms with Gasteiger partial charge in [-0.3, -0.25) is 0 Å². The molecule has 10 aromatic rings. The van der Waals surface area contributed by atoms with Gasteiger partial charge >= 0.3 is 78.8 Å². The van der Waals surface area contributed by atoms with Gasteiger partial charge < -0.3 is 68.6 Å². The number of fused-ring (bicyclic) bond motifs is 3. The summed E-state index contributed by atoms with van der Waals surface area (Å²) >= 11 is 4.90. The minimum Gasteiger partial charge on any atom is -0.508 e. The van der Waals surface area contributed by atoms with E-state index < -0.39 is 78.8 Å². The molecule has 16 nitrogen and oxygen atoms in total. The molecule has 0 spiro atoms. The van der Waals surface area contributed by atoms with Gasteiger partial charge in [0.2, 0.25) is 0 Å². The molecule has 4 bridgehead atoms. The summed E-state index contributed by atoms with van der Waals surface area (Å²) in [7, 11) is -45.3. The van der Waals surface area contributed by atoms with E-state index in [0.29, 0.717) is 49.7 Å². The highest BCUT2D eigenvalue weighted by Gasteiger charge is 2.79. The lowest BCUT2D eigenvalue weighted by Gasteiger charge is -2.56. The maximum Gasteiger partial charge on any atom is 0.588 e. The first kappa shape index (κ1) is 64.1. The number of benzene rings is 10. The fourth-order valence-corrected chi connectivity index (χ4v) is 57.8. The van der Waals surface area contributed by atoms with E-state index in [-0.39, 0.29) is 28.8 Å². The Morgan fingerprint density at radius 3 is 0.967 bits per heavy atom. The summed E-state index contributed by atoms with van der Waals surface area (Å²) in [5.74, 6) is 0.564. The predicted octanol–water partition coefficient (Wildman–Crippen LogP) is 8.11. The first-order valence-corrected chi connectivity index (χ1v) is 47.6. The maximum atomic E-state index is 14.8. The molecule has 26 heteroatoms. The third-order valence-corrected chi connectivity index (χ3v) is 53.3. The molecule has 3 N–H and O–H groups in total. The van der Waals surface area contributed by atoms with Crippen molar-refractivity contribution in [1.82, 2.24) is 0 Å². The Labute approximate surface area is 550 Å². The Hall–Kier alpha value is -6.62. The second kappa shape index (κ2) is 26.6. The van der Waals surface area contributed by atoms with Crippen molar-refractivity contribution < 1.29 is 68.6 Å². The second-order valence-corrected chi connectivity index (χ2v) is 50.0. The number of aromatic hydroxyl groups is 2. The van der Waals surface area contributed by atoms with Gasteiger partial charge in [-0.2, -0.15) is 0 Å². The minimum atomic E-state index is -5.43. The Balaban J connectivity index is 1.23. The number of hydrogen-bond donors (Lipinski definition) is 4. The van der Waals surface area contributed by atoms with Gasteiger partial charge in [0, 0.05) is 36.3 Å². The monoisotopic (exact) mass is 1400 g/mol. The van der Waals surface area contributed by atoms with Crippen LogP contribution in [0.2, 0.25) is 25.2 Å². The molecular formula is C66H66O16SSi9. The third-order valence-electron chi connectivity index (χ3n) is 15.9. The molecule has 10 aromatic carbocycles. The van der Waals surface area contributed by atoms with Gasteiger partial charge in [-0.1, -0.05) is 255 Å². The van der Waals surface area contributed by atoms with Crippen LogP contribution in [-0.4, -0.2) is 93.8 Å². The second-order valence-electron chi connectivity index (χ2n) is 22.7. The SMILES string of the molecule is C[Si]1(CCc2ccc(O)cc2)O[Si](O)(c2ccccc2)O[Si]2(c3ccccc3)O[Si](OS)(c3ccccc3)O[Si](C)(CCc3ccc(O)cc3)O[Si]3(c4ccccc4)O[Si](Oc4ccccc4)(c4ccccc4)O[Si](c4ccccc4)(O1)O[Si](c1ccccc1)(O3)O2. The summed E-state index contributed by atoms with van der Waals surface area (Å²) in [4.78, 5) is 14.8. The van der Waals surface area contributed by atoms with Crippen molar-refractivity contribution >= 4 is 128 Å². The molecule has 3 aliphatic rings. The number of rotatable bonds is 16. The van der Waals surface area contributed by atoms with Crippen molar-refractivity contribution in [1.29, 1.82) is 0 Å². The Morgan fingerprint density at radius 2 is 0.598 bits per heavy atom. The first-order chi connectivity index (χ1) is 44.6. The topological polar surface area (TPSA) is 181 Å². The molecular weight excluding hydrogens is 1330 g/mol. The Morgan fingerprint density at radius 1 is 0.304 bits per heavy atom. The third kappa shape index (κ3) is 13.4. The molecule has 9 unspecified atom stereocenters. The van der Waals surface area contributed by atoms with Crippen LogP contribution in [0.15, 0.2) is 291 Å². The van der Waals surface area contributed by atoms with Gasteiger partial charge in [-0.25, -0.2) is 0 Å². The average Bonchev–Trinajstić information content (AvgIpc) is 0.696. The number of para-hydroxylation sites is 1. The van der Waals surface area contributed by atoms with E-state index in [0.717, 1.165) is 11.1 Å². The number of hydrogen-bond acceptors (Lipinski definition) is 17. The molecule has 0 radical (unpaired) electrons. The van der Waals surface area contributed by atoms with E-state index in [1.807, 2.05) is 256 Å². The molecule has 0 aliphatic carbocycles. The van der Waals surface area contributed by atoms with Gasteiger partial charge in [0.05, 0.1) is 0 Å². The largest absolute Gasteiger partial charge is 0.588 e. The van der Waals surface area contributed by atoms with E-state index in [1.54, 1.807) is 48.5 Å². The molecule has 0 saturated carbocycles. The van der Waals surface area contributed by atoms with Crippen LogP contribution >= 0.6 is 12.9 Å². The van der Waals surface area contributed by atoms with Crippen LogP contribution < -0.4 is 40.7 Å². The maximum absolute atomic E-state index is 14.8. The van der Waals surface area contributed by atoms with Crippen LogP contribution in [0.25, 0.3) is 0 Å². The van der Waals surface area contributed by atoms with Crippen LogP contribution in [-0.2, 0) is 62.0 Å². The van der Waals surface area contributed by atoms with E-state index in [9.17, 15) is 15.0 Å². The van der Waals surface area contributed by atoms with Gasteiger partial charge in [0.15, 0.2) is 0 Å². The fourth-order valence-electron chi connectivity index (χ4n) is 11.4. The zero-order valence-corrected chi connectivity index (χ0v) is 60.0. The van der Waals surface area contributed by atoms with Crippen molar-refractivity contribution in [3.05, 3.63) is 302 Å². The van der Waals surface area contributed by atoms with Gasteiger partial charge in [0.25, 0.3) is 0 Å². The predicted molar refractivity (Wildman–Crippen MR) is 371 cm³/mol. The van der Waals surface area contributed by atoms with Gasteiger partial charge in [0.1, 0.15) is 17.2 Å². The van der Waals surface area contributed by atoms with E-state index in [1.165, 1.54) is 0 Å². The fraction of sp³-hybridized carbons (Fsp3) is 0.0909. The zero-order valence-electron chi connectivity index (χ0n) is 50.1. The van der Waals surface area contributed by atoms with Crippen LogP contribution in [0.4, 0.5) is 0 Å². The number of aryl methyl sites for hydroxylation is 2. The lowest BCUT2D eigenvalue weighted by atomic mass is 10.2. The Bertz CT molecular complexity index is 4070. The smallest absolute Gasteiger partial charge is 0.508 e. The first-order valence-electron chi connectivity index (χ1n) is 30.0. The highest BCUT2D eigenvalue weighted by Crippen LogP contribution is 2.44. The number of thiol groups is 1. The van der Waals surface area contributed by atoms with Crippen molar-refractivity contribution in [3.8, 4) is 17.2 Å². The quantitative estimate of drug-likeness (QED) is 0.0414. The van der Waals surface area contributed by atoms with E-state index >= 15 is 0 Å².